The Bertz CT molecular complexity index is 603. The van der Waals surface area contributed by atoms with Crippen molar-refractivity contribution in [3.63, 3.8) is 0 Å². The first-order valence-electron chi connectivity index (χ1n) is 6.89. The molecule has 1 aromatic carbocycles. The monoisotopic (exact) mass is 286 g/mol. The Balaban J connectivity index is 2.07. The van der Waals surface area contributed by atoms with Gasteiger partial charge in [0.2, 0.25) is 0 Å². The highest BCUT2D eigenvalue weighted by Crippen LogP contribution is 2.10. The van der Waals surface area contributed by atoms with Crippen molar-refractivity contribution in [2.24, 2.45) is 0 Å². The topological polar surface area (TPSA) is 71.3 Å². The zero-order valence-corrected chi connectivity index (χ0v) is 11.8. The molecular formula is C16H18N2O3. The highest BCUT2D eigenvalue weighted by atomic mass is 16.4. The van der Waals surface area contributed by atoms with Gasteiger partial charge in [0.15, 0.2) is 0 Å². The van der Waals surface area contributed by atoms with Gasteiger partial charge in [0.05, 0.1) is 0 Å². The minimum absolute atomic E-state index is 0.366. The number of benzene rings is 1. The van der Waals surface area contributed by atoms with Crippen LogP contribution in [0.25, 0.3) is 5.69 Å². The van der Waals surface area contributed by atoms with E-state index in [0.717, 1.165) is 5.69 Å². The average molecular weight is 286 g/mol. The van der Waals surface area contributed by atoms with Crippen LogP contribution in [0.2, 0.25) is 0 Å². The summed E-state index contributed by atoms with van der Waals surface area (Å²) in [6.45, 7) is 1.88. The highest BCUT2D eigenvalue weighted by molar-refractivity contribution is 5.96. The highest BCUT2D eigenvalue weighted by Gasteiger charge is 2.19. The first kappa shape index (κ1) is 14.8. The van der Waals surface area contributed by atoms with Crippen molar-refractivity contribution in [2.45, 2.75) is 25.8 Å². The van der Waals surface area contributed by atoms with Crippen LogP contribution in [0.1, 0.15) is 30.1 Å². The Kier molecular flexibility index (Phi) is 4.77. The number of nitrogens with zero attached hydrogens (tertiary/aromatic N) is 1. The third-order valence-corrected chi connectivity index (χ3v) is 3.21. The molecule has 5 nitrogen and oxygen atoms in total. The standard InChI is InChI=1S/C16H18N2O3/c1-2-5-14(16(20)21)17-15(19)12-6-8-13(9-7-12)18-10-3-4-11-18/h3-4,6-11,14H,2,5H2,1H3,(H,17,19)(H,20,21)/t14-/m1/s1. The number of amides is 1. The molecule has 0 aliphatic carbocycles. The molecule has 0 fully saturated rings. The van der Waals surface area contributed by atoms with E-state index >= 15 is 0 Å². The second kappa shape index (κ2) is 6.74. The molecule has 0 spiro atoms. The van der Waals surface area contributed by atoms with Crippen LogP contribution in [0.5, 0.6) is 0 Å². The fourth-order valence-electron chi connectivity index (χ4n) is 2.08. The number of hydrogen-bond donors (Lipinski definition) is 2. The zero-order chi connectivity index (χ0) is 15.2. The van der Waals surface area contributed by atoms with Gasteiger partial charge in [0.25, 0.3) is 5.91 Å². The van der Waals surface area contributed by atoms with Crippen molar-refractivity contribution in [3.8, 4) is 5.69 Å². The molecule has 1 atom stereocenters. The summed E-state index contributed by atoms with van der Waals surface area (Å²) in [5.41, 5.74) is 1.40. The number of carbonyl (C=O) groups is 2. The van der Waals surface area contributed by atoms with Gasteiger partial charge in [-0.3, -0.25) is 4.79 Å². The molecule has 5 heteroatoms. The van der Waals surface area contributed by atoms with Gasteiger partial charge >= 0.3 is 5.97 Å². The van der Waals surface area contributed by atoms with E-state index in [-0.39, 0.29) is 5.91 Å². The SMILES string of the molecule is CCC[C@@H](NC(=O)c1ccc(-n2cccc2)cc1)C(=O)O. The smallest absolute Gasteiger partial charge is 0.326 e. The van der Waals surface area contributed by atoms with E-state index in [1.54, 1.807) is 12.1 Å². The minimum Gasteiger partial charge on any atom is -0.480 e. The second-order valence-electron chi connectivity index (χ2n) is 4.79. The Morgan fingerprint density at radius 2 is 1.81 bits per heavy atom. The second-order valence-corrected chi connectivity index (χ2v) is 4.79. The van der Waals surface area contributed by atoms with E-state index in [9.17, 15) is 9.59 Å². The average Bonchev–Trinajstić information content (AvgIpc) is 3.01. The summed E-state index contributed by atoms with van der Waals surface area (Å²) in [6.07, 6.45) is 4.94. The van der Waals surface area contributed by atoms with Gasteiger partial charge in [0.1, 0.15) is 6.04 Å². The van der Waals surface area contributed by atoms with E-state index in [1.807, 2.05) is 48.1 Å². The number of aromatic nitrogens is 1. The van der Waals surface area contributed by atoms with Crippen molar-refractivity contribution >= 4 is 11.9 Å². The molecule has 0 radical (unpaired) electrons. The van der Waals surface area contributed by atoms with Crippen LogP contribution in [0.15, 0.2) is 48.8 Å². The Hall–Kier alpha value is -2.56. The van der Waals surface area contributed by atoms with Gasteiger partial charge in [-0.2, -0.15) is 0 Å². The first-order valence-corrected chi connectivity index (χ1v) is 6.89. The van der Waals surface area contributed by atoms with E-state index in [2.05, 4.69) is 5.32 Å². The molecule has 0 unspecified atom stereocenters. The summed E-state index contributed by atoms with van der Waals surface area (Å²) in [7, 11) is 0. The number of aliphatic carboxylic acids is 1. The molecule has 110 valence electrons. The molecule has 1 aromatic heterocycles. The van der Waals surface area contributed by atoms with Crippen molar-refractivity contribution in [2.75, 3.05) is 0 Å². The van der Waals surface area contributed by atoms with Gasteiger partial charge in [-0.15, -0.1) is 0 Å². The predicted molar refractivity (Wildman–Crippen MR) is 79.6 cm³/mol. The maximum atomic E-state index is 12.1. The Labute approximate surface area is 123 Å². The molecular weight excluding hydrogens is 268 g/mol. The van der Waals surface area contributed by atoms with Gasteiger partial charge in [0, 0.05) is 23.6 Å². The molecule has 2 rings (SSSR count). The van der Waals surface area contributed by atoms with Crippen LogP contribution in [-0.2, 0) is 4.79 Å². The lowest BCUT2D eigenvalue weighted by Crippen LogP contribution is -2.40. The van der Waals surface area contributed by atoms with Crippen LogP contribution < -0.4 is 5.32 Å². The predicted octanol–water partition coefficient (Wildman–Crippen LogP) is 2.46. The molecule has 2 N–H and O–H groups in total. The van der Waals surface area contributed by atoms with Gasteiger partial charge in [-0.1, -0.05) is 13.3 Å². The van der Waals surface area contributed by atoms with E-state index in [0.29, 0.717) is 18.4 Å². The third-order valence-electron chi connectivity index (χ3n) is 3.21. The van der Waals surface area contributed by atoms with E-state index in [1.165, 1.54) is 0 Å². The van der Waals surface area contributed by atoms with E-state index < -0.39 is 12.0 Å². The fourth-order valence-corrected chi connectivity index (χ4v) is 2.08. The summed E-state index contributed by atoms with van der Waals surface area (Å²) < 4.78 is 1.93. The Morgan fingerprint density at radius 1 is 1.19 bits per heavy atom. The number of nitrogens with one attached hydrogen (secondary N) is 1. The molecule has 21 heavy (non-hydrogen) atoms. The van der Waals surface area contributed by atoms with Crippen LogP contribution in [-0.4, -0.2) is 27.6 Å². The van der Waals surface area contributed by atoms with Crippen molar-refractivity contribution in [3.05, 3.63) is 54.4 Å². The van der Waals surface area contributed by atoms with E-state index in [4.69, 9.17) is 5.11 Å². The number of carboxylic acids is 1. The lowest BCUT2D eigenvalue weighted by molar-refractivity contribution is -0.139. The van der Waals surface area contributed by atoms with Crippen molar-refractivity contribution in [1.29, 1.82) is 0 Å². The quantitative estimate of drug-likeness (QED) is 0.857. The maximum Gasteiger partial charge on any atom is 0.326 e. The molecule has 2 aromatic rings. The summed E-state index contributed by atoms with van der Waals surface area (Å²) >= 11 is 0. The van der Waals surface area contributed by atoms with Gasteiger partial charge in [-0.05, 0) is 42.8 Å². The van der Waals surface area contributed by atoms with Crippen molar-refractivity contribution in [1.82, 2.24) is 9.88 Å². The number of hydrogen-bond acceptors (Lipinski definition) is 2. The molecule has 0 saturated heterocycles. The zero-order valence-electron chi connectivity index (χ0n) is 11.8. The molecule has 1 heterocycles. The molecule has 0 bridgehead atoms. The number of carboxylic acid groups (broad SMARTS) is 1. The van der Waals surface area contributed by atoms with Crippen LogP contribution >= 0.6 is 0 Å². The normalized spacial score (nSPS) is 11.9. The number of carbonyl (C=O) groups excluding carboxylic acids is 1. The summed E-state index contributed by atoms with van der Waals surface area (Å²) in [5, 5.41) is 11.6. The van der Waals surface area contributed by atoms with Gasteiger partial charge in [-0.25, -0.2) is 4.79 Å². The van der Waals surface area contributed by atoms with Crippen molar-refractivity contribution < 1.29 is 14.7 Å². The molecule has 0 aliphatic rings. The summed E-state index contributed by atoms with van der Waals surface area (Å²) in [5.74, 6) is -1.37. The summed E-state index contributed by atoms with van der Waals surface area (Å²) in [4.78, 5) is 23.1. The molecule has 1 amide bonds. The minimum atomic E-state index is -1.01. The maximum absolute atomic E-state index is 12.1. The van der Waals surface area contributed by atoms with Crippen LogP contribution in [0.4, 0.5) is 0 Å². The molecule has 0 saturated carbocycles. The largest absolute Gasteiger partial charge is 0.480 e. The van der Waals surface area contributed by atoms with Gasteiger partial charge < -0.3 is 15.0 Å². The lowest BCUT2D eigenvalue weighted by Gasteiger charge is -2.13. The number of rotatable bonds is 6. The fraction of sp³-hybridized carbons (Fsp3) is 0.250. The summed E-state index contributed by atoms with van der Waals surface area (Å²) in [6, 6.07) is 10.0. The van der Waals surface area contributed by atoms with Crippen LogP contribution in [0.3, 0.4) is 0 Å². The molecule has 0 aliphatic heterocycles. The first-order chi connectivity index (χ1) is 10.1. The lowest BCUT2D eigenvalue weighted by atomic mass is 10.1. The third kappa shape index (κ3) is 3.72. The van der Waals surface area contributed by atoms with Crippen LogP contribution in [0, 0.1) is 0 Å². The Morgan fingerprint density at radius 3 is 2.33 bits per heavy atom.